The van der Waals surface area contributed by atoms with Crippen LogP contribution in [0.4, 0.5) is 0 Å². The van der Waals surface area contributed by atoms with Gasteiger partial charge in [0.05, 0.1) is 5.92 Å². The van der Waals surface area contributed by atoms with Crippen molar-refractivity contribution in [1.29, 1.82) is 0 Å². The Morgan fingerprint density at radius 2 is 1.88 bits per heavy atom. The van der Waals surface area contributed by atoms with Gasteiger partial charge < -0.3 is 14.4 Å². The third-order valence-corrected chi connectivity index (χ3v) is 4.79. The lowest BCUT2D eigenvalue weighted by molar-refractivity contribution is -0.143. The molecule has 25 heavy (non-hydrogen) atoms. The number of carbonyl (C=O) groups excluding carboxylic acids is 1. The van der Waals surface area contributed by atoms with Crippen LogP contribution in [0.5, 0.6) is 0 Å². The van der Waals surface area contributed by atoms with Gasteiger partial charge in [0.1, 0.15) is 5.76 Å². The zero-order valence-electron chi connectivity index (χ0n) is 14.6. The monoisotopic (exact) mass is 341 g/mol. The van der Waals surface area contributed by atoms with Gasteiger partial charge in [-0.3, -0.25) is 9.59 Å². The minimum absolute atomic E-state index is 0.171. The van der Waals surface area contributed by atoms with Crippen molar-refractivity contribution in [3.05, 3.63) is 47.7 Å². The summed E-state index contributed by atoms with van der Waals surface area (Å²) in [7, 11) is 0. The van der Waals surface area contributed by atoms with Crippen LogP contribution in [0.2, 0.25) is 0 Å². The molecule has 0 aliphatic carbocycles. The Balaban J connectivity index is 1.72. The average Bonchev–Trinajstić information content (AvgIpc) is 3.11. The Morgan fingerprint density at radius 1 is 1.16 bits per heavy atom. The number of carbonyl (C=O) groups is 2. The summed E-state index contributed by atoms with van der Waals surface area (Å²) in [6.45, 7) is 5.18. The minimum atomic E-state index is -0.780. The second kappa shape index (κ2) is 7.13. The van der Waals surface area contributed by atoms with E-state index in [1.807, 2.05) is 18.2 Å². The molecule has 1 N–H and O–H groups in total. The van der Waals surface area contributed by atoms with E-state index in [0.29, 0.717) is 43.4 Å². The van der Waals surface area contributed by atoms with Gasteiger partial charge in [0.15, 0.2) is 5.76 Å². The number of rotatable bonds is 4. The Labute approximate surface area is 147 Å². The van der Waals surface area contributed by atoms with Crippen molar-refractivity contribution in [3.63, 3.8) is 0 Å². The number of furan rings is 1. The summed E-state index contributed by atoms with van der Waals surface area (Å²) < 4.78 is 5.79. The number of amides is 1. The predicted octanol–water partition coefficient (Wildman–Crippen LogP) is 4.01. The molecule has 1 fully saturated rings. The maximum Gasteiger partial charge on any atom is 0.306 e. The lowest BCUT2D eigenvalue weighted by Gasteiger charge is -2.29. The van der Waals surface area contributed by atoms with Crippen molar-refractivity contribution >= 4 is 11.9 Å². The summed E-state index contributed by atoms with van der Waals surface area (Å²) in [5.41, 5.74) is 2.17. The van der Waals surface area contributed by atoms with Crippen molar-refractivity contribution in [3.8, 4) is 11.3 Å². The Kier molecular flexibility index (Phi) is 4.93. The lowest BCUT2D eigenvalue weighted by Crippen LogP contribution is -2.40. The molecule has 1 aromatic heterocycles. The van der Waals surface area contributed by atoms with Gasteiger partial charge in [-0.15, -0.1) is 0 Å². The Bertz CT molecular complexity index is 770. The van der Waals surface area contributed by atoms with E-state index in [-0.39, 0.29) is 11.8 Å². The van der Waals surface area contributed by atoms with E-state index in [2.05, 4.69) is 26.0 Å². The molecule has 5 heteroatoms. The first-order valence-corrected chi connectivity index (χ1v) is 8.68. The largest absolute Gasteiger partial charge is 0.481 e. The van der Waals surface area contributed by atoms with E-state index >= 15 is 0 Å². The van der Waals surface area contributed by atoms with Gasteiger partial charge in [-0.2, -0.15) is 0 Å². The highest BCUT2D eigenvalue weighted by atomic mass is 16.4. The van der Waals surface area contributed by atoms with Crippen LogP contribution >= 0.6 is 0 Å². The van der Waals surface area contributed by atoms with E-state index in [1.165, 1.54) is 5.56 Å². The number of carboxylic acids is 1. The molecule has 0 saturated carbocycles. The maximum atomic E-state index is 12.6. The van der Waals surface area contributed by atoms with Gasteiger partial charge >= 0.3 is 5.97 Å². The summed E-state index contributed by atoms with van der Waals surface area (Å²) in [6, 6.07) is 11.6. The van der Waals surface area contributed by atoms with Gasteiger partial charge in [0, 0.05) is 18.7 Å². The van der Waals surface area contributed by atoms with Crippen LogP contribution in [-0.2, 0) is 4.79 Å². The standard InChI is InChI=1S/C20H23NO4/c1-13(2)15-4-3-5-16(12-15)17-6-7-18(25-17)19(22)21-10-8-14(9-11-21)20(23)24/h3-7,12-14H,8-11H2,1-2H3,(H,23,24). The third kappa shape index (κ3) is 3.76. The first-order chi connectivity index (χ1) is 12.0. The summed E-state index contributed by atoms with van der Waals surface area (Å²) in [4.78, 5) is 25.3. The molecule has 0 bridgehead atoms. The van der Waals surface area contributed by atoms with Gasteiger partial charge in [0.2, 0.25) is 0 Å². The van der Waals surface area contributed by atoms with E-state index < -0.39 is 5.97 Å². The highest BCUT2D eigenvalue weighted by Gasteiger charge is 2.28. The first-order valence-electron chi connectivity index (χ1n) is 8.68. The second-order valence-corrected chi connectivity index (χ2v) is 6.85. The Morgan fingerprint density at radius 3 is 2.52 bits per heavy atom. The molecule has 0 atom stereocenters. The SMILES string of the molecule is CC(C)c1cccc(-c2ccc(C(=O)N3CCC(C(=O)O)CC3)o2)c1. The van der Waals surface area contributed by atoms with E-state index in [1.54, 1.807) is 11.0 Å². The second-order valence-electron chi connectivity index (χ2n) is 6.85. The number of piperidine rings is 1. The molecule has 132 valence electrons. The maximum absolute atomic E-state index is 12.6. The minimum Gasteiger partial charge on any atom is -0.481 e. The number of aliphatic carboxylic acids is 1. The van der Waals surface area contributed by atoms with Crippen LogP contribution in [0.25, 0.3) is 11.3 Å². The number of benzene rings is 1. The first kappa shape index (κ1) is 17.3. The van der Waals surface area contributed by atoms with Gasteiger partial charge in [-0.05, 0) is 42.5 Å². The fourth-order valence-electron chi connectivity index (χ4n) is 3.14. The normalized spacial score (nSPS) is 15.6. The van der Waals surface area contributed by atoms with Crippen LogP contribution in [0.3, 0.4) is 0 Å². The molecule has 1 aliphatic heterocycles. The quantitative estimate of drug-likeness (QED) is 0.912. The summed E-state index contributed by atoms with van der Waals surface area (Å²) in [5, 5.41) is 9.05. The van der Waals surface area contributed by atoms with E-state index in [9.17, 15) is 9.59 Å². The van der Waals surface area contributed by atoms with E-state index in [4.69, 9.17) is 9.52 Å². The highest BCUT2D eigenvalue weighted by molar-refractivity contribution is 5.92. The fourth-order valence-corrected chi connectivity index (χ4v) is 3.14. The van der Waals surface area contributed by atoms with Crippen molar-refractivity contribution in [1.82, 2.24) is 4.90 Å². The van der Waals surface area contributed by atoms with Crippen LogP contribution in [-0.4, -0.2) is 35.0 Å². The molecule has 2 heterocycles. The highest BCUT2D eigenvalue weighted by Crippen LogP contribution is 2.27. The van der Waals surface area contributed by atoms with Gasteiger partial charge in [-0.25, -0.2) is 0 Å². The molecule has 1 amide bonds. The smallest absolute Gasteiger partial charge is 0.306 e. The van der Waals surface area contributed by atoms with Crippen molar-refractivity contribution in [2.45, 2.75) is 32.6 Å². The van der Waals surface area contributed by atoms with E-state index in [0.717, 1.165) is 5.56 Å². The van der Waals surface area contributed by atoms with Crippen molar-refractivity contribution in [2.75, 3.05) is 13.1 Å². The molecular formula is C20H23NO4. The topological polar surface area (TPSA) is 70.8 Å². The van der Waals surface area contributed by atoms with Crippen molar-refractivity contribution in [2.24, 2.45) is 5.92 Å². The molecule has 0 spiro atoms. The lowest BCUT2D eigenvalue weighted by atomic mass is 9.97. The number of hydrogen-bond acceptors (Lipinski definition) is 3. The number of likely N-dealkylation sites (tertiary alicyclic amines) is 1. The molecule has 0 radical (unpaired) electrons. The summed E-state index contributed by atoms with van der Waals surface area (Å²) in [6.07, 6.45) is 0.982. The third-order valence-electron chi connectivity index (χ3n) is 4.79. The number of hydrogen-bond donors (Lipinski definition) is 1. The van der Waals surface area contributed by atoms with Gasteiger partial charge in [-0.1, -0.05) is 32.0 Å². The fraction of sp³-hybridized carbons (Fsp3) is 0.400. The summed E-state index contributed by atoms with van der Waals surface area (Å²) in [5.74, 6) is 0.0963. The number of nitrogens with zero attached hydrogens (tertiary/aromatic N) is 1. The van der Waals surface area contributed by atoms with Gasteiger partial charge in [0.25, 0.3) is 5.91 Å². The predicted molar refractivity (Wildman–Crippen MR) is 94.5 cm³/mol. The molecular weight excluding hydrogens is 318 g/mol. The zero-order chi connectivity index (χ0) is 18.0. The molecule has 0 unspecified atom stereocenters. The van der Waals surface area contributed by atoms with Crippen LogP contribution < -0.4 is 0 Å². The van der Waals surface area contributed by atoms with Crippen LogP contribution in [0.15, 0.2) is 40.8 Å². The number of carboxylic acid groups (broad SMARTS) is 1. The molecule has 3 rings (SSSR count). The molecule has 1 aliphatic rings. The molecule has 2 aromatic rings. The molecule has 1 saturated heterocycles. The van der Waals surface area contributed by atoms with Crippen molar-refractivity contribution < 1.29 is 19.1 Å². The zero-order valence-corrected chi connectivity index (χ0v) is 14.6. The summed E-state index contributed by atoms with van der Waals surface area (Å²) >= 11 is 0. The van der Waals surface area contributed by atoms with Crippen LogP contribution in [0.1, 0.15) is 48.7 Å². The van der Waals surface area contributed by atoms with Crippen LogP contribution in [0, 0.1) is 5.92 Å². The molecule has 1 aromatic carbocycles. The molecule has 5 nitrogen and oxygen atoms in total. The average molecular weight is 341 g/mol. The Hall–Kier alpha value is -2.56.